The zero-order valence-electron chi connectivity index (χ0n) is 37.0. The van der Waals surface area contributed by atoms with Gasteiger partial charge in [-0.05, 0) is 66.6 Å². The Morgan fingerprint density at radius 1 is 0.393 bits per heavy atom. The second-order valence-corrected chi connectivity index (χ2v) is 15.2. The molecule has 0 saturated heterocycles. The van der Waals surface area contributed by atoms with Crippen molar-refractivity contribution in [2.24, 2.45) is 0 Å². The first-order valence-electron chi connectivity index (χ1n) is 22.6. The van der Waals surface area contributed by atoms with Gasteiger partial charge < -0.3 is 24.1 Å². The highest BCUT2D eigenvalue weighted by atomic mass is 16.5. The lowest BCUT2D eigenvalue weighted by Gasteiger charge is -2.16. The summed E-state index contributed by atoms with van der Waals surface area (Å²) in [5.74, 6) is -3.39. The number of benzene rings is 4. The van der Waals surface area contributed by atoms with Crippen LogP contribution in [0.15, 0.2) is 91.0 Å². The third-order valence-corrected chi connectivity index (χ3v) is 10.2. The van der Waals surface area contributed by atoms with Gasteiger partial charge in [-0.15, -0.1) is 0 Å². The molecular formula is C52H68O9. The average Bonchev–Trinajstić information content (AvgIpc) is 3.29. The molecule has 0 saturated carbocycles. The highest BCUT2D eigenvalue weighted by Crippen LogP contribution is 2.36. The molecule has 0 spiro atoms. The number of hydrogen-bond acceptors (Lipinski definition) is 9. The highest BCUT2D eigenvalue weighted by Gasteiger charge is 2.28. The number of rotatable bonds is 26. The third kappa shape index (κ3) is 17.6. The summed E-state index contributed by atoms with van der Waals surface area (Å²) in [6.07, 6.45) is 14.6. The molecule has 0 fully saturated rings. The van der Waals surface area contributed by atoms with Gasteiger partial charge in [0, 0.05) is 5.56 Å². The maximum absolute atomic E-state index is 13.4. The molecule has 4 rings (SSSR count). The number of carbonyl (C=O) groups excluding carboxylic acids is 4. The lowest BCUT2D eigenvalue weighted by Crippen LogP contribution is -2.16. The van der Waals surface area contributed by atoms with Crippen molar-refractivity contribution < 1.29 is 43.2 Å². The second kappa shape index (κ2) is 29.7. The largest absolute Gasteiger partial charge is 0.506 e. The van der Waals surface area contributed by atoms with E-state index in [1.54, 1.807) is 6.07 Å². The Bertz CT molecular complexity index is 1850. The fourth-order valence-corrected chi connectivity index (χ4v) is 6.60. The van der Waals surface area contributed by atoms with Crippen LogP contribution >= 0.6 is 0 Å². The van der Waals surface area contributed by atoms with E-state index in [0.717, 1.165) is 77.0 Å². The molecule has 1 N–H and O–H groups in total. The molecule has 0 aromatic heterocycles. The summed E-state index contributed by atoms with van der Waals surface area (Å²) in [4.78, 5) is 53.0. The van der Waals surface area contributed by atoms with Crippen molar-refractivity contribution in [1.29, 1.82) is 0 Å². The van der Waals surface area contributed by atoms with E-state index in [9.17, 15) is 24.3 Å². The summed E-state index contributed by atoms with van der Waals surface area (Å²) in [5, 5.41) is 11.5. The normalized spacial score (nSPS) is 10.6. The summed E-state index contributed by atoms with van der Waals surface area (Å²) in [6, 6.07) is 28.2. The van der Waals surface area contributed by atoms with Gasteiger partial charge in [0.25, 0.3) is 0 Å². The summed E-state index contributed by atoms with van der Waals surface area (Å²) in [7, 11) is 0. The number of aromatic hydroxyl groups is 1. The smallest absolute Gasteiger partial charge is 0.342 e. The molecular weight excluding hydrogens is 769 g/mol. The number of phenols is 1. The maximum atomic E-state index is 13.4. The summed E-state index contributed by atoms with van der Waals surface area (Å²) >= 11 is 0. The van der Waals surface area contributed by atoms with E-state index in [1.807, 2.05) is 12.1 Å². The number of carbonyl (C=O) groups is 4. The predicted molar refractivity (Wildman–Crippen MR) is 243 cm³/mol. The summed E-state index contributed by atoms with van der Waals surface area (Å²) < 4.78 is 22.0. The van der Waals surface area contributed by atoms with E-state index in [0.29, 0.717) is 31.2 Å². The Kier molecular flexibility index (Phi) is 24.3. The van der Waals surface area contributed by atoms with Crippen LogP contribution in [0.1, 0.15) is 172 Å². The molecule has 0 unspecified atom stereocenters. The quantitative estimate of drug-likeness (QED) is 0.0374. The molecule has 9 nitrogen and oxygen atoms in total. The van der Waals surface area contributed by atoms with Crippen molar-refractivity contribution in [3.63, 3.8) is 0 Å². The van der Waals surface area contributed by atoms with E-state index >= 15 is 0 Å². The van der Waals surface area contributed by atoms with Gasteiger partial charge in [-0.25, -0.2) is 19.2 Å². The van der Waals surface area contributed by atoms with Crippen LogP contribution in [-0.2, 0) is 18.9 Å². The maximum Gasteiger partial charge on any atom is 0.342 e. The van der Waals surface area contributed by atoms with Crippen molar-refractivity contribution in [2.75, 3.05) is 26.4 Å². The number of hydrogen-bond donors (Lipinski definition) is 1. The lowest BCUT2D eigenvalue weighted by molar-refractivity contribution is 0.0447. The summed E-state index contributed by atoms with van der Waals surface area (Å²) in [6.45, 7) is 9.11. The monoisotopic (exact) mass is 836 g/mol. The number of unbranched alkanes of at least 4 members (excludes halogenated alkanes) is 12. The summed E-state index contributed by atoms with van der Waals surface area (Å²) in [5.41, 5.74) is 2.69. The highest BCUT2D eigenvalue weighted by molar-refractivity contribution is 6.08. The Morgan fingerprint density at radius 3 is 1.20 bits per heavy atom. The topological polar surface area (TPSA) is 125 Å². The first kappa shape index (κ1) is 49.9. The van der Waals surface area contributed by atoms with Crippen LogP contribution in [0.4, 0.5) is 0 Å². The van der Waals surface area contributed by atoms with Gasteiger partial charge in [0.15, 0.2) is 0 Å². The zero-order chi connectivity index (χ0) is 44.1. The van der Waals surface area contributed by atoms with Crippen LogP contribution in [0.2, 0.25) is 0 Å². The first-order valence-corrected chi connectivity index (χ1v) is 22.6. The first-order chi connectivity index (χ1) is 29.8. The standard InChI is InChI=1S/C40H58O9.C12H10/c1-5-9-13-17-25-46-37(42)32-22-21-30(29-34(32)39(44)48-27-19-15-11-7-3)31-23-24-33(38(43)47-26-18-14-10-6-2)35(36(31)41)40(45)49-28-20-16-12-8-4;1-3-7-11(8-4-1)12-9-5-2-6-10-12/h21-24,29,41H,5-20,25-28H2,1-4H3;1-10H. The van der Waals surface area contributed by atoms with Crippen molar-refractivity contribution in [1.82, 2.24) is 0 Å². The predicted octanol–water partition coefficient (Wildman–Crippen LogP) is 13.4. The van der Waals surface area contributed by atoms with Crippen LogP contribution in [0.5, 0.6) is 5.75 Å². The molecule has 0 aliphatic carbocycles. The Morgan fingerprint density at radius 2 is 0.770 bits per heavy atom. The van der Waals surface area contributed by atoms with Gasteiger partial charge in [0.2, 0.25) is 0 Å². The van der Waals surface area contributed by atoms with E-state index in [4.69, 9.17) is 18.9 Å². The fraction of sp³-hybridized carbons (Fsp3) is 0.462. The second-order valence-electron chi connectivity index (χ2n) is 15.2. The third-order valence-electron chi connectivity index (χ3n) is 10.2. The van der Waals surface area contributed by atoms with Gasteiger partial charge in [-0.3, -0.25) is 0 Å². The Hall–Kier alpha value is -5.44. The molecule has 4 aromatic carbocycles. The van der Waals surface area contributed by atoms with E-state index in [1.165, 1.54) is 35.4 Å². The molecule has 61 heavy (non-hydrogen) atoms. The van der Waals surface area contributed by atoms with Crippen LogP contribution in [0.3, 0.4) is 0 Å². The molecule has 0 atom stereocenters. The van der Waals surface area contributed by atoms with Crippen molar-refractivity contribution >= 4 is 23.9 Å². The van der Waals surface area contributed by atoms with E-state index in [2.05, 4.69) is 76.2 Å². The molecule has 0 bridgehead atoms. The van der Waals surface area contributed by atoms with Gasteiger partial charge in [-0.1, -0.05) is 171 Å². The molecule has 0 radical (unpaired) electrons. The minimum atomic E-state index is -0.844. The molecule has 330 valence electrons. The van der Waals surface area contributed by atoms with Crippen molar-refractivity contribution in [3.05, 3.63) is 113 Å². The Balaban J connectivity index is 0.000000698. The average molecular weight is 837 g/mol. The number of esters is 4. The van der Waals surface area contributed by atoms with Crippen LogP contribution in [-0.4, -0.2) is 55.4 Å². The van der Waals surface area contributed by atoms with E-state index < -0.39 is 29.6 Å². The lowest BCUT2D eigenvalue weighted by atomic mass is 9.94. The van der Waals surface area contributed by atoms with E-state index in [-0.39, 0.29) is 54.2 Å². The molecule has 4 aromatic rings. The minimum absolute atomic E-state index is 0.0124. The zero-order valence-corrected chi connectivity index (χ0v) is 37.0. The van der Waals surface area contributed by atoms with Gasteiger partial charge >= 0.3 is 23.9 Å². The van der Waals surface area contributed by atoms with Crippen molar-refractivity contribution in [3.8, 4) is 28.0 Å². The number of ether oxygens (including phenoxy) is 4. The van der Waals surface area contributed by atoms with Crippen LogP contribution < -0.4 is 0 Å². The Labute approximate surface area is 364 Å². The van der Waals surface area contributed by atoms with Gasteiger partial charge in [-0.2, -0.15) is 0 Å². The fourth-order valence-electron chi connectivity index (χ4n) is 6.60. The SMILES string of the molecule is CCCCCCOC(=O)c1ccc(-c2ccc(C(=O)OCCCCCC)c(C(=O)OCCCCCC)c2O)cc1C(=O)OCCCCCC.c1ccc(-c2ccccc2)cc1. The number of phenolic OH excluding ortho intramolecular Hbond substituents is 1. The van der Waals surface area contributed by atoms with Crippen molar-refractivity contribution in [2.45, 2.75) is 130 Å². The van der Waals surface area contributed by atoms with Gasteiger partial charge in [0.05, 0.1) is 43.1 Å². The molecule has 9 heteroatoms. The van der Waals surface area contributed by atoms with Crippen LogP contribution in [0, 0.1) is 0 Å². The molecule has 0 aliphatic heterocycles. The minimum Gasteiger partial charge on any atom is -0.506 e. The van der Waals surface area contributed by atoms with Crippen LogP contribution in [0.25, 0.3) is 22.3 Å². The van der Waals surface area contributed by atoms with Gasteiger partial charge in [0.1, 0.15) is 11.3 Å². The molecule has 0 heterocycles. The molecule has 0 aliphatic rings. The molecule has 0 amide bonds.